The van der Waals surface area contributed by atoms with Crippen molar-refractivity contribution in [1.29, 1.82) is 0 Å². The Kier molecular flexibility index (Phi) is 14.7. The molecule has 0 saturated carbocycles. The smallest absolute Gasteiger partial charge is 0.345 e. The van der Waals surface area contributed by atoms with Crippen molar-refractivity contribution in [3.05, 3.63) is 179 Å². The fourth-order valence-corrected chi connectivity index (χ4v) is 4.88. The first kappa shape index (κ1) is 37.0. The van der Waals surface area contributed by atoms with Gasteiger partial charge in [0.05, 0.1) is 25.4 Å². The van der Waals surface area contributed by atoms with Crippen LogP contribution in [-0.2, 0) is 33.3 Å². The first-order valence-corrected chi connectivity index (χ1v) is 16.3. The average molecular weight is 673 g/mol. The Balaban J connectivity index is 1.51. The molecule has 50 heavy (non-hydrogen) atoms. The second-order valence-corrected chi connectivity index (χ2v) is 10.6. The lowest BCUT2D eigenvalue weighted by atomic mass is 9.97. The first-order valence-electron chi connectivity index (χ1n) is 16.3. The van der Waals surface area contributed by atoms with E-state index in [2.05, 4.69) is 0 Å². The number of ether oxygens (including phenoxy) is 4. The molecule has 1 unspecified atom stereocenters. The van der Waals surface area contributed by atoms with Crippen molar-refractivity contribution in [2.75, 3.05) is 26.4 Å². The van der Waals surface area contributed by atoms with Crippen LogP contribution in [0.25, 0.3) is 11.1 Å². The third-order valence-corrected chi connectivity index (χ3v) is 7.27. The number of allylic oxidation sites excluding steroid dienone is 4. The fourth-order valence-electron chi connectivity index (χ4n) is 4.88. The number of hydrogen-bond acceptors (Lipinski definition) is 8. The van der Waals surface area contributed by atoms with Gasteiger partial charge >= 0.3 is 17.9 Å². The maximum Gasteiger partial charge on any atom is 0.345 e. The predicted molar refractivity (Wildman–Crippen MR) is 192 cm³/mol. The van der Waals surface area contributed by atoms with Crippen molar-refractivity contribution in [3.63, 3.8) is 0 Å². The average Bonchev–Trinajstić information content (AvgIpc) is 3.15. The molecule has 1 N–H and O–H groups in total. The predicted octanol–water partition coefficient (Wildman–Crippen LogP) is 7.11. The van der Waals surface area contributed by atoms with Gasteiger partial charge in [-0.05, 0) is 59.4 Å². The Labute approximate surface area is 292 Å². The van der Waals surface area contributed by atoms with E-state index in [1.165, 1.54) is 12.2 Å². The molecule has 0 bridgehead atoms. The molecule has 4 aromatic rings. The summed E-state index contributed by atoms with van der Waals surface area (Å²) < 4.78 is 21.2. The van der Waals surface area contributed by atoms with Crippen LogP contribution in [0.1, 0.15) is 36.1 Å². The highest BCUT2D eigenvalue weighted by Gasteiger charge is 2.23. The molecule has 0 fully saturated rings. The maximum absolute atomic E-state index is 13.1. The molecule has 0 heterocycles. The zero-order valence-electron chi connectivity index (χ0n) is 28.1. The van der Waals surface area contributed by atoms with Crippen LogP contribution in [-0.4, -0.2) is 55.7 Å². The monoisotopic (exact) mass is 672 g/mol. The Hall–Kier alpha value is -5.83. The molecule has 0 amide bonds. The summed E-state index contributed by atoms with van der Waals surface area (Å²) in [5.41, 5.74) is 4.70. The highest BCUT2D eigenvalue weighted by molar-refractivity contribution is 6.14. The fraction of sp³-hybridized carbons (Fsp3) is 0.167. The van der Waals surface area contributed by atoms with Crippen LogP contribution in [0.4, 0.5) is 0 Å². The lowest BCUT2D eigenvalue weighted by molar-refractivity contribution is -0.153. The van der Waals surface area contributed by atoms with Gasteiger partial charge < -0.3 is 24.1 Å². The highest BCUT2D eigenvalue weighted by atomic mass is 16.6. The number of hydrogen-bond donors (Lipinski definition) is 1. The molecular weight excluding hydrogens is 632 g/mol. The molecule has 8 nitrogen and oxygen atoms in total. The number of rotatable bonds is 16. The van der Waals surface area contributed by atoms with Crippen molar-refractivity contribution in [2.45, 2.75) is 20.1 Å². The Morgan fingerprint density at radius 3 is 1.32 bits per heavy atom. The van der Waals surface area contributed by atoms with Crippen LogP contribution in [0.15, 0.2) is 157 Å². The van der Waals surface area contributed by atoms with E-state index in [4.69, 9.17) is 18.9 Å². The minimum atomic E-state index is -1.70. The van der Waals surface area contributed by atoms with Crippen molar-refractivity contribution in [1.82, 2.24) is 0 Å². The topological polar surface area (TPSA) is 108 Å². The van der Waals surface area contributed by atoms with Gasteiger partial charge in [-0.2, -0.15) is 0 Å². The molecule has 0 saturated heterocycles. The second kappa shape index (κ2) is 19.9. The van der Waals surface area contributed by atoms with E-state index in [1.54, 1.807) is 26.0 Å². The van der Waals surface area contributed by atoms with Crippen molar-refractivity contribution in [3.8, 4) is 0 Å². The van der Waals surface area contributed by atoms with Gasteiger partial charge in [-0.1, -0.05) is 133 Å². The molecule has 4 rings (SSSR count). The third kappa shape index (κ3) is 10.8. The van der Waals surface area contributed by atoms with Crippen LogP contribution in [0, 0.1) is 0 Å². The number of esters is 3. The lowest BCUT2D eigenvalue weighted by Gasteiger charge is -2.15. The highest BCUT2D eigenvalue weighted by Crippen LogP contribution is 2.25. The molecule has 256 valence electrons. The Morgan fingerprint density at radius 1 is 0.520 bits per heavy atom. The van der Waals surface area contributed by atoms with Crippen molar-refractivity contribution >= 4 is 29.1 Å². The number of aliphatic hydroxyl groups is 1. The Bertz CT molecular complexity index is 1730. The summed E-state index contributed by atoms with van der Waals surface area (Å²) in [6.07, 6.45) is 4.51. The van der Waals surface area contributed by atoms with E-state index in [0.717, 1.165) is 33.4 Å². The normalized spacial score (nSPS) is 11.9. The van der Waals surface area contributed by atoms with Gasteiger partial charge in [0, 0.05) is 0 Å². The van der Waals surface area contributed by atoms with Crippen LogP contribution in [0.5, 0.6) is 0 Å². The molecule has 1 atom stereocenters. The molecular formula is C42H40O8. The summed E-state index contributed by atoms with van der Waals surface area (Å²) in [6, 6.07) is 38.3. The molecule has 0 spiro atoms. The summed E-state index contributed by atoms with van der Waals surface area (Å²) in [6.45, 7) is 2.82. The van der Waals surface area contributed by atoms with E-state index in [0.29, 0.717) is 0 Å². The molecule has 0 aliphatic heterocycles. The third-order valence-electron chi connectivity index (χ3n) is 7.27. The van der Waals surface area contributed by atoms with Gasteiger partial charge in [0.1, 0.15) is 12.2 Å². The van der Waals surface area contributed by atoms with Gasteiger partial charge in [0.2, 0.25) is 0 Å². The van der Waals surface area contributed by atoms with Gasteiger partial charge in [-0.3, -0.25) is 0 Å². The number of carbonyl (C=O) groups excluding carboxylic acids is 3. The zero-order valence-corrected chi connectivity index (χ0v) is 28.1. The SMILES string of the molecule is CCOC(=O)/C(=C/C=C(c1ccccc1)c1ccccc1)C(=O)OCCOC(O)/C(=C\C=C(c1ccccc1)c1ccccc1)C(=O)OCC. The van der Waals surface area contributed by atoms with E-state index in [1.807, 2.05) is 121 Å². The lowest BCUT2D eigenvalue weighted by Crippen LogP contribution is -2.26. The minimum absolute atomic E-state index is 0.0559. The van der Waals surface area contributed by atoms with Crippen molar-refractivity contribution < 1.29 is 38.4 Å². The second-order valence-electron chi connectivity index (χ2n) is 10.6. The maximum atomic E-state index is 13.1. The van der Waals surface area contributed by atoms with E-state index >= 15 is 0 Å². The van der Waals surface area contributed by atoms with Gasteiger partial charge in [0.25, 0.3) is 0 Å². The summed E-state index contributed by atoms with van der Waals surface area (Å²) >= 11 is 0. The molecule has 0 radical (unpaired) electrons. The molecule has 4 aromatic carbocycles. The Morgan fingerprint density at radius 2 is 0.900 bits per heavy atom. The van der Waals surface area contributed by atoms with Crippen LogP contribution >= 0.6 is 0 Å². The zero-order chi connectivity index (χ0) is 35.6. The van der Waals surface area contributed by atoms with E-state index in [-0.39, 0.29) is 37.6 Å². The summed E-state index contributed by atoms with van der Waals surface area (Å²) in [5, 5.41) is 10.9. The van der Waals surface area contributed by atoms with Crippen LogP contribution in [0.3, 0.4) is 0 Å². The van der Waals surface area contributed by atoms with Crippen LogP contribution < -0.4 is 0 Å². The standard InChI is InChI=1S/C42H40O8/c1-3-47-39(43)37(27-25-35(31-17-9-5-10-18-31)32-19-11-6-12-20-32)41(45)49-29-30-50-42(46)38(40(44)48-4-2)28-26-36(33-21-13-7-14-22-33)34-23-15-8-16-24-34/h5-28,41,45H,3-4,29-30H2,1-2H3/b37-27-,38-28-. The first-order chi connectivity index (χ1) is 24.4. The molecule has 0 aliphatic rings. The summed E-state index contributed by atoms with van der Waals surface area (Å²) in [7, 11) is 0. The van der Waals surface area contributed by atoms with Gasteiger partial charge in [-0.15, -0.1) is 0 Å². The largest absolute Gasteiger partial charge is 0.462 e. The quantitative estimate of drug-likeness (QED) is 0.0196. The summed E-state index contributed by atoms with van der Waals surface area (Å²) in [4.78, 5) is 38.8. The van der Waals surface area contributed by atoms with Gasteiger partial charge in [-0.25, -0.2) is 14.4 Å². The molecule has 0 aliphatic carbocycles. The number of aliphatic hydroxyl groups excluding tert-OH is 1. The summed E-state index contributed by atoms with van der Waals surface area (Å²) in [5.74, 6) is -2.54. The number of carbonyl (C=O) groups is 3. The van der Waals surface area contributed by atoms with Crippen molar-refractivity contribution in [2.24, 2.45) is 0 Å². The molecule has 0 aromatic heterocycles. The molecule has 8 heteroatoms. The van der Waals surface area contributed by atoms with E-state index in [9.17, 15) is 19.5 Å². The van der Waals surface area contributed by atoms with Gasteiger partial charge in [0.15, 0.2) is 6.29 Å². The van der Waals surface area contributed by atoms with E-state index < -0.39 is 24.2 Å². The minimum Gasteiger partial charge on any atom is -0.462 e. The van der Waals surface area contributed by atoms with Crippen LogP contribution in [0.2, 0.25) is 0 Å². The number of benzene rings is 4.